The summed E-state index contributed by atoms with van der Waals surface area (Å²) in [5.41, 5.74) is 8.89. The number of halogens is 2. The number of nitrogens with two attached hydrogens (primary N) is 1. The van der Waals surface area contributed by atoms with E-state index in [9.17, 15) is 0 Å². The molecule has 0 atom stereocenters. The van der Waals surface area contributed by atoms with Crippen LogP contribution in [0.1, 0.15) is 0 Å². The molecule has 0 aromatic carbocycles. The second-order valence-electron chi connectivity index (χ2n) is 2.78. The van der Waals surface area contributed by atoms with Crippen LogP contribution in [0.3, 0.4) is 0 Å². The van der Waals surface area contributed by atoms with Gasteiger partial charge in [-0.15, -0.1) is 0 Å². The van der Waals surface area contributed by atoms with E-state index in [1.807, 2.05) is 30.3 Å². The molecule has 0 aromatic rings. The summed E-state index contributed by atoms with van der Waals surface area (Å²) < 4.78 is 1.93. The SMILES string of the molecule is Nc1c(Br)c2cccccc-2c1Br. The first kappa shape index (κ1) is 9.03. The topological polar surface area (TPSA) is 26.0 Å². The van der Waals surface area contributed by atoms with Crippen LogP contribution in [0, 0.1) is 0 Å². The number of fused-ring (bicyclic) bond motifs is 1. The minimum Gasteiger partial charge on any atom is -0.397 e. The van der Waals surface area contributed by atoms with Gasteiger partial charge in [0, 0.05) is 8.95 Å². The van der Waals surface area contributed by atoms with Crippen molar-refractivity contribution in [2.45, 2.75) is 0 Å². The van der Waals surface area contributed by atoms with Crippen LogP contribution in [0.2, 0.25) is 0 Å². The fourth-order valence-corrected chi connectivity index (χ4v) is 2.67. The summed E-state index contributed by atoms with van der Waals surface area (Å²) in [6, 6.07) is 10.1. The average molecular weight is 301 g/mol. The molecule has 0 aliphatic heterocycles. The van der Waals surface area contributed by atoms with E-state index in [1.165, 1.54) is 0 Å². The highest BCUT2D eigenvalue weighted by atomic mass is 79.9. The van der Waals surface area contributed by atoms with Crippen LogP contribution in [-0.4, -0.2) is 0 Å². The van der Waals surface area contributed by atoms with E-state index in [4.69, 9.17) is 5.73 Å². The van der Waals surface area contributed by atoms with Crippen LogP contribution in [0.25, 0.3) is 11.1 Å². The second kappa shape index (κ2) is 3.31. The predicted molar refractivity (Wildman–Crippen MR) is 62.9 cm³/mol. The fourth-order valence-electron chi connectivity index (χ4n) is 1.32. The van der Waals surface area contributed by atoms with Crippen molar-refractivity contribution < 1.29 is 0 Å². The Morgan fingerprint density at radius 1 is 0.846 bits per heavy atom. The quantitative estimate of drug-likeness (QED) is 0.784. The zero-order chi connectivity index (χ0) is 9.42. The van der Waals surface area contributed by atoms with Gasteiger partial charge in [0.15, 0.2) is 0 Å². The minimum absolute atomic E-state index is 0.765. The molecule has 2 rings (SSSR count). The van der Waals surface area contributed by atoms with Gasteiger partial charge >= 0.3 is 0 Å². The van der Waals surface area contributed by atoms with E-state index < -0.39 is 0 Å². The third-order valence-corrected chi connectivity index (χ3v) is 3.69. The third-order valence-electron chi connectivity index (χ3n) is 1.98. The molecule has 0 radical (unpaired) electrons. The van der Waals surface area contributed by atoms with E-state index in [0.717, 1.165) is 25.8 Å². The molecule has 0 saturated carbocycles. The van der Waals surface area contributed by atoms with E-state index in [1.54, 1.807) is 0 Å². The summed E-state index contributed by atoms with van der Waals surface area (Å²) >= 11 is 6.93. The lowest BCUT2D eigenvalue weighted by Gasteiger charge is -1.91. The van der Waals surface area contributed by atoms with Gasteiger partial charge in [-0.3, -0.25) is 0 Å². The molecule has 0 bridgehead atoms. The minimum atomic E-state index is 0.765. The van der Waals surface area contributed by atoms with Gasteiger partial charge < -0.3 is 5.73 Å². The van der Waals surface area contributed by atoms with Crippen molar-refractivity contribution in [2.75, 3.05) is 5.73 Å². The normalized spacial score (nSPS) is 10.6. The van der Waals surface area contributed by atoms with E-state index in [-0.39, 0.29) is 0 Å². The third kappa shape index (κ3) is 1.36. The molecule has 13 heavy (non-hydrogen) atoms. The highest BCUT2D eigenvalue weighted by molar-refractivity contribution is 9.11. The molecule has 0 spiro atoms. The Hall–Kier alpha value is -0.540. The summed E-state index contributed by atoms with van der Waals surface area (Å²) in [7, 11) is 0. The zero-order valence-electron chi connectivity index (χ0n) is 6.72. The van der Waals surface area contributed by atoms with Crippen molar-refractivity contribution in [3.63, 3.8) is 0 Å². The van der Waals surface area contributed by atoms with Crippen molar-refractivity contribution in [1.29, 1.82) is 0 Å². The molecule has 0 aromatic heterocycles. The smallest absolute Gasteiger partial charge is 0.0615 e. The van der Waals surface area contributed by atoms with Crippen molar-refractivity contribution in [1.82, 2.24) is 0 Å². The van der Waals surface area contributed by atoms with Gasteiger partial charge in [-0.1, -0.05) is 30.3 Å². The van der Waals surface area contributed by atoms with Gasteiger partial charge in [0.05, 0.1) is 5.69 Å². The maximum atomic E-state index is 5.86. The Labute approximate surface area is 93.5 Å². The molecular formula is C10H7Br2N. The highest BCUT2D eigenvalue weighted by Gasteiger charge is 2.16. The Kier molecular flexibility index (Phi) is 2.30. The highest BCUT2D eigenvalue weighted by Crippen LogP contribution is 2.44. The van der Waals surface area contributed by atoms with Gasteiger partial charge in [-0.2, -0.15) is 0 Å². The average Bonchev–Trinajstić information content (AvgIpc) is 2.40. The largest absolute Gasteiger partial charge is 0.397 e. The van der Waals surface area contributed by atoms with E-state index in [0.29, 0.717) is 0 Å². The predicted octanol–water partition coefficient (Wildman–Crippen LogP) is 3.90. The first-order valence-corrected chi connectivity index (χ1v) is 5.41. The molecule has 0 saturated heterocycles. The number of hydrogen-bond donors (Lipinski definition) is 1. The van der Waals surface area contributed by atoms with E-state index >= 15 is 0 Å². The maximum Gasteiger partial charge on any atom is 0.0615 e. The van der Waals surface area contributed by atoms with Gasteiger partial charge in [-0.05, 0) is 43.0 Å². The lowest BCUT2D eigenvalue weighted by atomic mass is 10.2. The first-order valence-electron chi connectivity index (χ1n) is 3.83. The Morgan fingerprint density at radius 2 is 1.31 bits per heavy atom. The fraction of sp³-hybridized carbons (Fsp3) is 0. The van der Waals surface area contributed by atoms with Crippen molar-refractivity contribution in [3.8, 4) is 11.1 Å². The van der Waals surface area contributed by atoms with Crippen LogP contribution < -0.4 is 5.73 Å². The standard InChI is InChI=1S/C10H7Br2N/c11-8-6-4-2-1-3-5-7(6)9(12)10(8)13/h1-5H,13H2. The molecule has 0 fully saturated rings. The van der Waals surface area contributed by atoms with Crippen molar-refractivity contribution >= 4 is 37.5 Å². The molecular weight excluding hydrogens is 294 g/mol. The lowest BCUT2D eigenvalue weighted by Crippen LogP contribution is -1.80. The van der Waals surface area contributed by atoms with Crippen LogP contribution in [0.5, 0.6) is 0 Å². The molecule has 0 amide bonds. The summed E-state index contributed by atoms with van der Waals surface area (Å²) in [6.45, 7) is 0. The summed E-state index contributed by atoms with van der Waals surface area (Å²) in [6.07, 6.45) is 0. The summed E-state index contributed by atoms with van der Waals surface area (Å²) in [5, 5.41) is 0. The second-order valence-corrected chi connectivity index (χ2v) is 4.37. The Balaban J connectivity index is 2.86. The number of hydrogen-bond acceptors (Lipinski definition) is 1. The Bertz CT molecular complexity index is 389. The van der Waals surface area contributed by atoms with Crippen LogP contribution in [0.4, 0.5) is 5.69 Å². The first-order chi connectivity index (χ1) is 6.22. The lowest BCUT2D eigenvalue weighted by molar-refractivity contribution is 1.76. The molecule has 2 aliphatic rings. The van der Waals surface area contributed by atoms with Gasteiger partial charge in [0.25, 0.3) is 0 Å². The molecule has 3 heteroatoms. The molecule has 0 unspecified atom stereocenters. The molecule has 0 heterocycles. The zero-order valence-corrected chi connectivity index (χ0v) is 9.89. The van der Waals surface area contributed by atoms with Gasteiger partial charge in [0.1, 0.15) is 0 Å². The van der Waals surface area contributed by atoms with E-state index in [2.05, 4.69) is 31.9 Å². The summed E-state index contributed by atoms with van der Waals surface area (Å²) in [4.78, 5) is 0. The monoisotopic (exact) mass is 299 g/mol. The van der Waals surface area contributed by atoms with Crippen molar-refractivity contribution in [3.05, 3.63) is 39.3 Å². The molecule has 2 aliphatic carbocycles. The number of rotatable bonds is 0. The van der Waals surface area contributed by atoms with Gasteiger partial charge in [-0.25, -0.2) is 0 Å². The molecule has 66 valence electrons. The Morgan fingerprint density at radius 3 is 1.77 bits per heavy atom. The van der Waals surface area contributed by atoms with Crippen LogP contribution in [-0.2, 0) is 0 Å². The molecule has 2 N–H and O–H groups in total. The number of nitrogen functional groups attached to an aromatic ring is 1. The van der Waals surface area contributed by atoms with Crippen LogP contribution in [0.15, 0.2) is 39.3 Å². The summed E-state index contributed by atoms with van der Waals surface area (Å²) in [5.74, 6) is 0. The van der Waals surface area contributed by atoms with Crippen molar-refractivity contribution in [2.24, 2.45) is 0 Å². The number of anilines is 1. The van der Waals surface area contributed by atoms with Crippen LogP contribution >= 0.6 is 31.9 Å². The molecule has 1 nitrogen and oxygen atoms in total. The maximum absolute atomic E-state index is 5.86. The van der Waals surface area contributed by atoms with Gasteiger partial charge in [0.2, 0.25) is 0 Å².